The average Bonchev–Trinajstić information content (AvgIpc) is 3.72. The maximum absolute atomic E-state index is 13.9. The van der Waals surface area contributed by atoms with Gasteiger partial charge in [0.1, 0.15) is 17.1 Å². The first-order valence-corrected chi connectivity index (χ1v) is 22.6. The Morgan fingerprint density at radius 2 is 1.77 bits per heavy atom. The zero-order valence-electron chi connectivity index (χ0n) is 35.0. The number of anilines is 2. The first-order valence-electron chi connectivity index (χ1n) is 21.1. The van der Waals surface area contributed by atoms with Crippen molar-refractivity contribution in [1.82, 2.24) is 19.6 Å². The number of amides is 1. The molecule has 0 bridgehead atoms. The van der Waals surface area contributed by atoms with E-state index in [9.17, 15) is 22.0 Å². The lowest BCUT2D eigenvalue weighted by Gasteiger charge is -2.39. The van der Waals surface area contributed by atoms with Crippen LogP contribution in [0.5, 0.6) is 11.5 Å². The molecular formula is C47H54F2N6O5S. The Hall–Kier alpha value is -5.31. The fourth-order valence-corrected chi connectivity index (χ4v) is 9.65. The van der Waals surface area contributed by atoms with E-state index in [4.69, 9.17) is 9.47 Å². The first kappa shape index (κ1) is 42.4. The van der Waals surface area contributed by atoms with Gasteiger partial charge in [0, 0.05) is 87.1 Å². The molecule has 2 aliphatic heterocycles. The van der Waals surface area contributed by atoms with Crippen molar-refractivity contribution in [2.45, 2.75) is 64.2 Å². The summed E-state index contributed by atoms with van der Waals surface area (Å²) in [4.78, 5) is 26.1. The summed E-state index contributed by atoms with van der Waals surface area (Å²) in [5, 5.41) is 4.27. The summed E-state index contributed by atoms with van der Waals surface area (Å²) < 4.78 is 68.1. The molecule has 5 aromatic rings. The fraction of sp³-hybridized carbons (Fsp3) is 0.404. The second kappa shape index (κ2) is 18.0. The van der Waals surface area contributed by atoms with Gasteiger partial charge in [-0.05, 0) is 110 Å². The molecule has 1 amide bonds. The quantitative estimate of drug-likeness (QED) is 0.106. The third-order valence-electron chi connectivity index (χ3n) is 12.3. The van der Waals surface area contributed by atoms with E-state index in [1.807, 2.05) is 37.3 Å². The molecule has 8 rings (SSSR count). The summed E-state index contributed by atoms with van der Waals surface area (Å²) >= 11 is 0. The lowest BCUT2D eigenvalue weighted by molar-refractivity contribution is 0.0699. The predicted octanol–water partition coefficient (Wildman–Crippen LogP) is 9.34. The van der Waals surface area contributed by atoms with Crippen LogP contribution >= 0.6 is 0 Å². The third-order valence-corrected chi connectivity index (χ3v) is 13.6. The number of hydrogen-bond donors (Lipinski definition) is 3. The van der Waals surface area contributed by atoms with Crippen molar-refractivity contribution < 1.29 is 31.5 Å². The van der Waals surface area contributed by atoms with Crippen LogP contribution < -0.4 is 19.7 Å². The minimum atomic E-state index is -4.24. The summed E-state index contributed by atoms with van der Waals surface area (Å²) in [6.07, 6.45) is 5.74. The smallest absolute Gasteiger partial charge is 0.268 e. The largest absolute Gasteiger partial charge is 0.455 e. The van der Waals surface area contributed by atoms with Crippen LogP contribution in [-0.2, 0) is 14.8 Å². The zero-order chi connectivity index (χ0) is 42.7. The summed E-state index contributed by atoms with van der Waals surface area (Å²) in [5.74, 6) is 0.273. The van der Waals surface area contributed by atoms with Gasteiger partial charge in [0.05, 0.1) is 16.7 Å². The number of piperazine rings is 1. The van der Waals surface area contributed by atoms with E-state index in [1.165, 1.54) is 17.2 Å². The van der Waals surface area contributed by atoms with Crippen molar-refractivity contribution in [2.75, 3.05) is 62.7 Å². The number of carbonyl (C=O) groups excluding carboxylic acids is 1. The number of carbonyl (C=O) groups is 1. The topological polar surface area (TPSA) is 129 Å². The molecule has 2 fully saturated rings. The van der Waals surface area contributed by atoms with Gasteiger partial charge in [-0.2, -0.15) is 0 Å². The van der Waals surface area contributed by atoms with Crippen LogP contribution in [-0.4, -0.2) is 81.7 Å². The van der Waals surface area contributed by atoms with Crippen LogP contribution in [0.3, 0.4) is 0 Å². The lowest BCUT2D eigenvalue weighted by atomic mass is 9.72. The van der Waals surface area contributed by atoms with Crippen molar-refractivity contribution in [2.24, 2.45) is 11.3 Å². The molecule has 0 atom stereocenters. The number of H-pyrrole nitrogens is 1. The molecule has 2 aromatic heterocycles. The molecule has 0 unspecified atom stereocenters. The number of ether oxygens (including phenoxy) is 2. The SMILES string of the molecule is Cc1cc(S(=O)(=O)NC(=O)c2ccc(N3CCN(CC4=C(c5ccc(C(F)F)cc5)CC(C)(C)CC4)CC3)cc2Oc2cnc3[nH]ccc3c2)ccc1NCC1CCOCC1. The van der Waals surface area contributed by atoms with Crippen LogP contribution in [0.15, 0.2) is 95.7 Å². The van der Waals surface area contributed by atoms with Crippen LogP contribution in [0.2, 0.25) is 0 Å². The van der Waals surface area contributed by atoms with Gasteiger partial charge in [-0.1, -0.05) is 43.7 Å². The van der Waals surface area contributed by atoms with Crippen LogP contribution in [0, 0.1) is 18.3 Å². The Bertz CT molecular complexity index is 2510. The van der Waals surface area contributed by atoms with Gasteiger partial charge < -0.3 is 24.7 Å². The third kappa shape index (κ3) is 10.1. The summed E-state index contributed by atoms with van der Waals surface area (Å²) in [7, 11) is -4.24. The van der Waals surface area contributed by atoms with Crippen molar-refractivity contribution in [1.29, 1.82) is 0 Å². The highest BCUT2D eigenvalue weighted by molar-refractivity contribution is 7.90. The number of rotatable bonds is 13. The number of nitrogens with zero attached hydrogens (tertiary/aromatic N) is 3. The van der Waals surface area contributed by atoms with Gasteiger partial charge >= 0.3 is 0 Å². The Morgan fingerprint density at radius 1 is 1.00 bits per heavy atom. The summed E-state index contributed by atoms with van der Waals surface area (Å²) in [6, 6.07) is 20.5. The minimum absolute atomic E-state index is 0.0153. The molecule has 11 nitrogen and oxygen atoms in total. The summed E-state index contributed by atoms with van der Waals surface area (Å²) in [5.41, 5.74) is 6.98. The number of benzene rings is 3. The van der Waals surface area contributed by atoms with E-state index in [1.54, 1.807) is 48.8 Å². The second-order valence-corrected chi connectivity index (χ2v) is 19.0. The normalized spacial score (nSPS) is 17.8. The number of nitrogens with one attached hydrogen (secondary N) is 3. The lowest BCUT2D eigenvalue weighted by Crippen LogP contribution is -2.47. The highest BCUT2D eigenvalue weighted by Gasteiger charge is 2.30. The van der Waals surface area contributed by atoms with Crippen molar-refractivity contribution >= 4 is 43.9 Å². The number of pyridine rings is 1. The van der Waals surface area contributed by atoms with E-state index < -0.39 is 22.4 Å². The van der Waals surface area contributed by atoms with Gasteiger partial charge in [0.25, 0.3) is 22.4 Å². The predicted molar refractivity (Wildman–Crippen MR) is 235 cm³/mol. The average molecular weight is 853 g/mol. The Balaban J connectivity index is 0.983. The molecule has 0 saturated carbocycles. The van der Waals surface area contributed by atoms with E-state index in [-0.39, 0.29) is 27.2 Å². The highest BCUT2D eigenvalue weighted by Crippen LogP contribution is 2.43. The van der Waals surface area contributed by atoms with Crippen LogP contribution in [0.4, 0.5) is 20.2 Å². The number of aryl methyl sites for hydroxylation is 1. The maximum Gasteiger partial charge on any atom is 0.268 e. The number of sulfonamides is 1. The van der Waals surface area contributed by atoms with Crippen LogP contribution in [0.25, 0.3) is 16.6 Å². The number of allylic oxidation sites excluding steroid dienone is 1. The van der Waals surface area contributed by atoms with E-state index in [2.05, 4.69) is 43.7 Å². The van der Waals surface area contributed by atoms with Gasteiger partial charge in [-0.25, -0.2) is 26.9 Å². The zero-order valence-corrected chi connectivity index (χ0v) is 35.8. The molecule has 14 heteroatoms. The second-order valence-electron chi connectivity index (χ2n) is 17.3. The molecule has 3 N–H and O–H groups in total. The number of alkyl halides is 2. The van der Waals surface area contributed by atoms with Crippen molar-refractivity contribution in [3.63, 3.8) is 0 Å². The molecular weight excluding hydrogens is 799 g/mol. The van der Waals surface area contributed by atoms with Gasteiger partial charge in [-0.15, -0.1) is 0 Å². The number of fused-ring (bicyclic) bond motifs is 1. The first-order chi connectivity index (χ1) is 29.3. The Morgan fingerprint density at radius 3 is 2.51 bits per heavy atom. The molecule has 3 aromatic carbocycles. The maximum atomic E-state index is 13.9. The fourth-order valence-electron chi connectivity index (χ4n) is 8.60. The van der Waals surface area contributed by atoms with E-state index >= 15 is 0 Å². The molecule has 0 spiro atoms. The van der Waals surface area contributed by atoms with Gasteiger partial charge in [0.15, 0.2) is 0 Å². The van der Waals surface area contributed by atoms with Crippen molar-refractivity contribution in [3.05, 3.63) is 113 Å². The molecule has 2 saturated heterocycles. The molecule has 4 heterocycles. The minimum Gasteiger partial charge on any atom is -0.455 e. The van der Waals surface area contributed by atoms with Crippen molar-refractivity contribution in [3.8, 4) is 11.5 Å². The molecule has 1 aliphatic carbocycles. The standard InChI is InChI=1S/C47H54F2N6O5S/c1-31-24-39(9-11-42(31)51-28-32-14-22-59-23-15-32)61(57,58)53-46(56)40-10-8-37(26-43(40)60-38-25-35-13-17-50-45(35)52-29-38)55-20-18-54(19-21-55)30-36-12-16-47(2,3)27-41(36)33-4-6-34(7-5-33)44(48)49/h4-11,13,17,24-26,29,32,44,51H,12,14-16,18-23,27-28,30H2,1-3H3,(H,50,52)(H,53,56). The molecule has 61 heavy (non-hydrogen) atoms. The molecule has 0 radical (unpaired) electrons. The van der Waals surface area contributed by atoms with Crippen LogP contribution in [0.1, 0.15) is 79.4 Å². The number of aromatic nitrogens is 2. The number of aromatic amines is 1. The van der Waals surface area contributed by atoms with Gasteiger partial charge in [-0.3, -0.25) is 9.69 Å². The highest BCUT2D eigenvalue weighted by atomic mass is 32.2. The Labute approximate surface area is 356 Å². The van der Waals surface area contributed by atoms with E-state index in [0.717, 1.165) is 99.4 Å². The monoisotopic (exact) mass is 852 g/mol. The van der Waals surface area contributed by atoms with Gasteiger partial charge in [0.2, 0.25) is 0 Å². The van der Waals surface area contributed by atoms with E-state index in [0.29, 0.717) is 30.4 Å². The molecule has 3 aliphatic rings. The molecule has 322 valence electrons. The summed E-state index contributed by atoms with van der Waals surface area (Å²) in [6.45, 7) is 12.5. The Kier molecular flexibility index (Phi) is 12.5. The number of halogens is 2. The number of hydrogen-bond acceptors (Lipinski definition) is 9.